The molecule has 0 atom stereocenters. The van der Waals surface area contributed by atoms with Crippen LogP contribution in [0, 0.1) is 10.1 Å². The van der Waals surface area contributed by atoms with Gasteiger partial charge in [0.15, 0.2) is 5.11 Å². The molecule has 1 heterocycles. The average Bonchev–Trinajstić information content (AvgIpc) is 2.74. The van der Waals surface area contributed by atoms with Gasteiger partial charge in [0.2, 0.25) is 0 Å². The molecule has 0 aromatic heterocycles. The first kappa shape index (κ1) is 20.4. The van der Waals surface area contributed by atoms with E-state index in [1.165, 1.54) is 24.3 Å². The van der Waals surface area contributed by atoms with Gasteiger partial charge in [-0.1, -0.05) is 0 Å². The number of hydrogen-bond acceptors (Lipinski definition) is 5. The lowest BCUT2D eigenvalue weighted by atomic mass is 10.1. The number of nitro groups is 1. The zero-order valence-corrected chi connectivity index (χ0v) is 16.4. The number of nitrogens with zero attached hydrogens (tertiary/aromatic N) is 2. The van der Waals surface area contributed by atoms with Crippen LogP contribution in [0.25, 0.3) is 0 Å². The van der Waals surface area contributed by atoms with E-state index in [4.69, 9.17) is 12.2 Å². The summed E-state index contributed by atoms with van der Waals surface area (Å²) in [5.41, 5.74) is 1.40. The van der Waals surface area contributed by atoms with E-state index in [1.807, 2.05) is 4.90 Å². The van der Waals surface area contributed by atoms with Gasteiger partial charge in [0, 0.05) is 42.0 Å². The Morgan fingerprint density at radius 1 is 0.931 bits per heavy atom. The summed E-state index contributed by atoms with van der Waals surface area (Å²) in [5, 5.41) is 16.2. The van der Waals surface area contributed by atoms with E-state index >= 15 is 0 Å². The fourth-order valence-corrected chi connectivity index (χ4v) is 3.26. The minimum atomic E-state index is -0.534. The zero-order chi connectivity index (χ0) is 20.8. The molecule has 0 radical (unpaired) electrons. The van der Waals surface area contributed by atoms with E-state index in [2.05, 4.69) is 10.6 Å². The summed E-state index contributed by atoms with van der Waals surface area (Å²) >= 11 is 5.14. The van der Waals surface area contributed by atoms with Gasteiger partial charge in [-0.15, -0.1) is 0 Å². The molecule has 0 unspecified atom stereocenters. The van der Waals surface area contributed by atoms with E-state index < -0.39 is 10.8 Å². The Balaban J connectivity index is 1.55. The number of piperidine rings is 1. The molecule has 1 aliphatic heterocycles. The number of carbonyl (C=O) groups is 2. The predicted molar refractivity (Wildman–Crippen MR) is 113 cm³/mol. The van der Waals surface area contributed by atoms with Gasteiger partial charge >= 0.3 is 0 Å². The largest absolute Gasteiger partial charge is 0.339 e. The summed E-state index contributed by atoms with van der Waals surface area (Å²) in [4.78, 5) is 36.7. The Bertz CT molecular complexity index is 923. The fourth-order valence-electron chi connectivity index (χ4n) is 3.05. The number of carbonyl (C=O) groups excluding carboxylic acids is 2. The smallest absolute Gasteiger partial charge is 0.269 e. The number of nitrogens with one attached hydrogen (secondary N) is 2. The Hall–Kier alpha value is -3.33. The van der Waals surface area contributed by atoms with Gasteiger partial charge in [-0.25, -0.2) is 0 Å². The van der Waals surface area contributed by atoms with Crippen LogP contribution >= 0.6 is 12.2 Å². The monoisotopic (exact) mass is 412 g/mol. The molecule has 9 heteroatoms. The Morgan fingerprint density at radius 2 is 1.52 bits per heavy atom. The maximum Gasteiger partial charge on any atom is 0.269 e. The van der Waals surface area contributed by atoms with Crippen LogP contribution in [0.3, 0.4) is 0 Å². The van der Waals surface area contributed by atoms with Crippen molar-refractivity contribution in [2.45, 2.75) is 19.3 Å². The minimum absolute atomic E-state index is 0.0188. The number of amides is 2. The number of anilines is 1. The summed E-state index contributed by atoms with van der Waals surface area (Å²) in [5.74, 6) is -0.459. The van der Waals surface area contributed by atoms with E-state index in [1.54, 1.807) is 24.3 Å². The normalized spacial score (nSPS) is 13.4. The van der Waals surface area contributed by atoms with Crippen molar-refractivity contribution in [2.24, 2.45) is 0 Å². The number of likely N-dealkylation sites (tertiary alicyclic amines) is 1. The summed E-state index contributed by atoms with van der Waals surface area (Å²) in [6, 6.07) is 12.1. The maximum absolute atomic E-state index is 12.5. The van der Waals surface area contributed by atoms with Crippen molar-refractivity contribution in [2.75, 3.05) is 18.4 Å². The molecular weight excluding hydrogens is 392 g/mol. The third-order valence-corrected chi connectivity index (χ3v) is 4.80. The predicted octanol–water partition coefficient (Wildman–Crippen LogP) is 3.35. The Morgan fingerprint density at radius 3 is 2.10 bits per heavy atom. The lowest BCUT2D eigenvalue weighted by Crippen LogP contribution is -2.35. The van der Waals surface area contributed by atoms with Crippen LogP contribution in [0.4, 0.5) is 11.4 Å². The summed E-state index contributed by atoms with van der Waals surface area (Å²) in [6.07, 6.45) is 3.23. The standard InChI is InChI=1S/C20H20N4O4S/c25-18(14-6-10-17(11-7-14)24(27)28)22-20(29)21-16-8-4-15(5-9-16)19(26)23-12-2-1-3-13-23/h4-11H,1-3,12-13H2,(H2,21,22,25,29). The van der Waals surface area contributed by atoms with Crippen LogP contribution in [0.5, 0.6) is 0 Å². The SMILES string of the molecule is O=C(NC(=S)Nc1ccc(C(=O)N2CCCCC2)cc1)c1ccc([N+](=O)[O-])cc1. The topological polar surface area (TPSA) is 105 Å². The maximum atomic E-state index is 12.5. The molecule has 1 aliphatic rings. The first-order valence-electron chi connectivity index (χ1n) is 9.20. The van der Waals surface area contributed by atoms with Crippen LogP contribution in [0.15, 0.2) is 48.5 Å². The molecule has 29 heavy (non-hydrogen) atoms. The molecule has 1 saturated heterocycles. The second-order valence-electron chi connectivity index (χ2n) is 6.64. The molecule has 3 rings (SSSR count). The Kier molecular flexibility index (Phi) is 6.50. The number of hydrogen-bond donors (Lipinski definition) is 2. The second-order valence-corrected chi connectivity index (χ2v) is 7.05. The van der Waals surface area contributed by atoms with Crippen molar-refractivity contribution in [1.29, 1.82) is 0 Å². The molecule has 150 valence electrons. The van der Waals surface area contributed by atoms with Crippen LogP contribution in [-0.2, 0) is 0 Å². The van der Waals surface area contributed by atoms with Crippen LogP contribution in [0.1, 0.15) is 40.0 Å². The molecule has 2 aromatic rings. The molecule has 8 nitrogen and oxygen atoms in total. The van der Waals surface area contributed by atoms with Crippen molar-refractivity contribution < 1.29 is 14.5 Å². The van der Waals surface area contributed by atoms with E-state index in [0.29, 0.717) is 11.3 Å². The minimum Gasteiger partial charge on any atom is -0.339 e. The third kappa shape index (κ3) is 5.35. The van der Waals surface area contributed by atoms with Gasteiger partial charge in [-0.2, -0.15) is 0 Å². The summed E-state index contributed by atoms with van der Waals surface area (Å²) in [7, 11) is 0. The molecule has 2 aromatic carbocycles. The number of benzene rings is 2. The van der Waals surface area contributed by atoms with Gasteiger partial charge in [0.05, 0.1) is 4.92 Å². The van der Waals surface area contributed by atoms with E-state index in [-0.39, 0.29) is 22.3 Å². The number of non-ortho nitro benzene ring substituents is 1. The van der Waals surface area contributed by atoms with Gasteiger partial charge in [0.25, 0.3) is 17.5 Å². The molecular formula is C20H20N4O4S. The van der Waals surface area contributed by atoms with Gasteiger partial charge in [-0.3, -0.25) is 25.0 Å². The quantitative estimate of drug-likeness (QED) is 0.453. The molecule has 2 amide bonds. The molecule has 2 N–H and O–H groups in total. The van der Waals surface area contributed by atoms with Crippen molar-refractivity contribution in [3.63, 3.8) is 0 Å². The molecule has 0 spiro atoms. The van der Waals surface area contributed by atoms with E-state index in [0.717, 1.165) is 32.4 Å². The number of nitro benzene ring substituents is 1. The highest BCUT2D eigenvalue weighted by atomic mass is 32.1. The molecule has 0 aliphatic carbocycles. The summed E-state index contributed by atoms with van der Waals surface area (Å²) < 4.78 is 0. The van der Waals surface area contributed by atoms with Crippen LogP contribution in [-0.4, -0.2) is 39.8 Å². The van der Waals surface area contributed by atoms with Gasteiger partial charge in [-0.05, 0) is 67.9 Å². The number of rotatable bonds is 4. The van der Waals surface area contributed by atoms with Gasteiger partial charge < -0.3 is 10.2 Å². The molecule has 1 fully saturated rings. The summed E-state index contributed by atoms with van der Waals surface area (Å²) in [6.45, 7) is 1.58. The fraction of sp³-hybridized carbons (Fsp3) is 0.250. The third-order valence-electron chi connectivity index (χ3n) is 4.60. The first-order valence-corrected chi connectivity index (χ1v) is 9.61. The Labute approximate surface area is 173 Å². The van der Waals surface area contributed by atoms with Crippen LogP contribution in [0.2, 0.25) is 0 Å². The zero-order valence-electron chi connectivity index (χ0n) is 15.6. The second kappa shape index (κ2) is 9.24. The highest BCUT2D eigenvalue weighted by molar-refractivity contribution is 7.80. The van der Waals surface area contributed by atoms with Crippen molar-refractivity contribution in [3.8, 4) is 0 Å². The van der Waals surface area contributed by atoms with E-state index in [9.17, 15) is 19.7 Å². The van der Waals surface area contributed by atoms with Crippen molar-refractivity contribution >= 4 is 40.5 Å². The van der Waals surface area contributed by atoms with Crippen molar-refractivity contribution in [1.82, 2.24) is 10.2 Å². The molecule has 0 bridgehead atoms. The lowest BCUT2D eigenvalue weighted by molar-refractivity contribution is -0.384. The lowest BCUT2D eigenvalue weighted by Gasteiger charge is -2.26. The average molecular weight is 412 g/mol. The first-order chi connectivity index (χ1) is 13.9. The van der Waals surface area contributed by atoms with Crippen molar-refractivity contribution in [3.05, 3.63) is 69.8 Å². The highest BCUT2D eigenvalue weighted by Gasteiger charge is 2.18. The highest BCUT2D eigenvalue weighted by Crippen LogP contribution is 2.16. The molecule has 0 saturated carbocycles. The van der Waals surface area contributed by atoms with Crippen LogP contribution < -0.4 is 10.6 Å². The van der Waals surface area contributed by atoms with Gasteiger partial charge in [0.1, 0.15) is 0 Å². The number of thiocarbonyl (C=S) groups is 1.